The number of aromatic nitrogens is 3. The van der Waals surface area contributed by atoms with Crippen LogP contribution in [0.15, 0.2) is 10.8 Å². The molecule has 2 aromatic heterocycles. The van der Waals surface area contributed by atoms with Crippen molar-refractivity contribution in [3.05, 3.63) is 34.6 Å². The number of hydrogen-bond acceptors (Lipinski definition) is 7. The van der Waals surface area contributed by atoms with E-state index in [2.05, 4.69) is 32.3 Å². The summed E-state index contributed by atoms with van der Waals surface area (Å²) < 4.78 is 5.07. The van der Waals surface area contributed by atoms with Crippen LogP contribution in [0.1, 0.15) is 46.5 Å². The lowest BCUT2D eigenvalue weighted by molar-refractivity contribution is 0.0815. The summed E-state index contributed by atoms with van der Waals surface area (Å²) in [5, 5.41) is 7.61. The molecule has 3 rings (SSSR count). The molecule has 1 amide bonds. The first-order valence-corrected chi connectivity index (χ1v) is 9.38. The van der Waals surface area contributed by atoms with E-state index in [1.807, 2.05) is 13.8 Å². The Hall–Kier alpha value is -2.48. The highest BCUT2D eigenvalue weighted by Crippen LogP contribution is 2.24. The molecule has 0 aromatic carbocycles. The highest BCUT2D eigenvalue weighted by atomic mass is 16.5. The molecule has 0 radical (unpaired) electrons. The average molecular weight is 372 g/mol. The maximum absolute atomic E-state index is 12.3. The number of anilines is 1. The highest BCUT2D eigenvalue weighted by molar-refractivity contribution is 5.90. The Morgan fingerprint density at radius 1 is 1.37 bits per heavy atom. The van der Waals surface area contributed by atoms with Crippen molar-refractivity contribution in [1.82, 2.24) is 25.3 Å². The molecule has 1 aliphatic rings. The molecule has 1 saturated heterocycles. The molecular formula is C19H28N6O2. The molecular weight excluding hydrogens is 344 g/mol. The van der Waals surface area contributed by atoms with Crippen LogP contribution in [0.3, 0.4) is 0 Å². The van der Waals surface area contributed by atoms with Crippen LogP contribution >= 0.6 is 0 Å². The molecule has 8 nitrogen and oxygen atoms in total. The molecule has 0 bridgehead atoms. The van der Waals surface area contributed by atoms with Gasteiger partial charge in [-0.1, -0.05) is 12.1 Å². The second-order valence-electron chi connectivity index (χ2n) is 7.23. The highest BCUT2D eigenvalue weighted by Gasteiger charge is 2.27. The Morgan fingerprint density at radius 2 is 2.15 bits per heavy atom. The Labute approximate surface area is 159 Å². The number of rotatable bonds is 6. The number of nitrogens with one attached hydrogen (secondary N) is 1. The molecule has 27 heavy (non-hydrogen) atoms. The minimum atomic E-state index is -0.173. The molecule has 1 fully saturated rings. The standard InChI is InChI=1S/C19H28N6O2/c1-6-16-14(11-27-23-16)9-20-15-7-8-25(10-15)18-12(2)13(3)21-17(22-18)19(26)24(4)5/h11,15,20H,6-10H2,1-5H3/t15-/m1/s1. The van der Waals surface area contributed by atoms with Gasteiger partial charge >= 0.3 is 0 Å². The summed E-state index contributed by atoms with van der Waals surface area (Å²) in [5.74, 6) is 0.940. The summed E-state index contributed by atoms with van der Waals surface area (Å²) in [4.78, 5) is 25.0. The lowest BCUT2D eigenvalue weighted by Crippen LogP contribution is -2.33. The van der Waals surface area contributed by atoms with E-state index < -0.39 is 0 Å². The van der Waals surface area contributed by atoms with Crippen LogP contribution in [0.2, 0.25) is 0 Å². The molecule has 0 spiro atoms. The summed E-state index contributed by atoms with van der Waals surface area (Å²) in [6, 6.07) is 0.354. The monoisotopic (exact) mass is 372 g/mol. The van der Waals surface area contributed by atoms with E-state index in [1.165, 1.54) is 4.90 Å². The van der Waals surface area contributed by atoms with Gasteiger partial charge in [0, 0.05) is 56.6 Å². The molecule has 0 aliphatic carbocycles. The number of carbonyl (C=O) groups excluding carboxylic acids is 1. The van der Waals surface area contributed by atoms with E-state index >= 15 is 0 Å². The third-order valence-electron chi connectivity index (χ3n) is 5.09. The summed E-state index contributed by atoms with van der Waals surface area (Å²) in [7, 11) is 3.43. The van der Waals surface area contributed by atoms with Gasteiger partial charge in [-0.2, -0.15) is 0 Å². The smallest absolute Gasteiger partial charge is 0.291 e. The number of nitrogens with zero attached hydrogens (tertiary/aromatic N) is 5. The van der Waals surface area contributed by atoms with Gasteiger partial charge in [-0.15, -0.1) is 0 Å². The van der Waals surface area contributed by atoms with E-state index in [9.17, 15) is 4.79 Å². The van der Waals surface area contributed by atoms with E-state index in [0.717, 1.165) is 60.8 Å². The molecule has 3 heterocycles. The van der Waals surface area contributed by atoms with Crippen LogP contribution in [0.5, 0.6) is 0 Å². The van der Waals surface area contributed by atoms with Gasteiger partial charge in [0.25, 0.3) is 5.91 Å². The zero-order valence-electron chi connectivity index (χ0n) is 16.7. The third-order valence-corrected chi connectivity index (χ3v) is 5.09. The summed E-state index contributed by atoms with van der Waals surface area (Å²) in [6.45, 7) is 8.51. The van der Waals surface area contributed by atoms with Crippen molar-refractivity contribution in [1.29, 1.82) is 0 Å². The fourth-order valence-corrected chi connectivity index (χ4v) is 3.31. The van der Waals surface area contributed by atoms with Crippen LogP contribution < -0.4 is 10.2 Å². The van der Waals surface area contributed by atoms with Gasteiger partial charge < -0.3 is 19.6 Å². The van der Waals surface area contributed by atoms with Gasteiger partial charge in [0.1, 0.15) is 12.1 Å². The number of aryl methyl sites for hydroxylation is 2. The number of hydrogen-bond donors (Lipinski definition) is 1. The van der Waals surface area contributed by atoms with Gasteiger partial charge in [0.2, 0.25) is 5.82 Å². The normalized spacial score (nSPS) is 16.8. The van der Waals surface area contributed by atoms with Crippen molar-refractivity contribution in [3.63, 3.8) is 0 Å². The van der Waals surface area contributed by atoms with Gasteiger partial charge in [0.15, 0.2) is 0 Å². The van der Waals surface area contributed by atoms with E-state index in [-0.39, 0.29) is 11.7 Å². The van der Waals surface area contributed by atoms with Gasteiger partial charge in [-0.05, 0) is 26.7 Å². The Bertz CT molecular complexity index is 817. The second-order valence-corrected chi connectivity index (χ2v) is 7.23. The van der Waals surface area contributed by atoms with Crippen molar-refractivity contribution < 1.29 is 9.32 Å². The predicted molar refractivity (Wildman–Crippen MR) is 103 cm³/mol. The van der Waals surface area contributed by atoms with Crippen LogP contribution in [-0.4, -0.2) is 59.2 Å². The maximum Gasteiger partial charge on any atom is 0.291 e. The quantitative estimate of drug-likeness (QED) is 0.826. The molecule has 0 unspecified atom stereocenters. The molecule has 1 aliphatic heterocycles. The summed E-state index contributed by atoms with van der Waals surface area (Å²) in [5.41, 5.74) is 3.99. The van der Waals surface area contributed by atoms with Crippen molar-refractivity contribution in [2.45, 2.75) is 46.2 Å². The molecule has 0 saturated carbocycles. The minimum Gasteiger partial charge on any atom is -0.364 e. The first-order valence-electron chi connectivity index (χ1n) is 9.38. The van der Waals surface area contributed by atoms with Gasteiger partial charge in [-0.3, -0.25) is 4.79 Å². The Kier molecular flexibility index (Phi) is 5.74. The van der Waals surface area contributed by atoms with Crippen molar-refractivity contribution in [3.8, 4) is 0 Å². The fourth-order valence-electron chi connectivity index (χ4n) is 3.31. The van der Waals surface area contributed by atoms with Crippen LogP contribution in [0.4, 0.5) is 5.82 Å². The van der Waals surface area contributed by atoms with E-state index in [4.69, 9.17) is 4.52 Å². The lowest BCUT2D eigenvalue weighted by Gasteiger charge is -2.22. The van der Waals surface area contributed by atoms with Crippen LogP contribution in [-0.2, 0) is 13.0 Å². The van der Waals surface area contributed by atoms with Crippen molar-refractivity contribution >= 4 is 11.7 Å². The number of amides is 1. The SMILES string of the molecule is CCc1nocc1CN[C@@H]1CCN(c2nc(C(=O)N(C)C)nc(C)c2C)C1. The fraction of sp³-hybridized carbons (Fsp3) is 0.579. The molecule has 2 aromatic rings. The Morgan fingerprint density at radius 3 is 2.85 bits per heavy atom. The van der Waals surface area contributed by atoms with E-state index in [0.29, 0.717) is 6.04 Å². The molecule has 146 valence electrons. The van der Waals surface area contributed by atoms with Crippen molar-refractivity contribution in [2.75, 3.05) is 32.1 Å². The second kappa shape index (κ2) is 8.04. The molecule has 1 atom stereocenters. The first-order chi connectivity index (χ1) is 12.9. The van der Waals surface area contributed by atoms with Gasteiger partial charge in [0.05, 0.1) is 5.69 Å². The maximum atomic E-state index is 12.3. The predicted octanol–water partition coefficient (Wildman–Crippen LogP) is 1.71. The zero-order chi connectivity index (χ0) is 19.6. The minimum absolute atomic E-state index is 0.173. The van der Waals surface area contributed by atoms with E-state index in [1.54, 1.807) is 20.4 Å². The summed E-state index contributed by atoms with van der Waals surface area (Å²) >= 11 is 0. The average Bonchev–Trinajstić information content (AvgIpc) is 3.30. The lowest BCUT2D eigenvalue weighted by atomic mass is 10.2. The van der Waals surface area contributed by atoms with Crippen molar-refractivity contribution in [2.24, 2.45) is 0 Å². The largest absolute Gasteiger partial charge is 0.364 e. The van der Waals surface area contributed by atoms with Crippen LogP contribution in [0.25, 0.3) is 0 Å². The first kappa shape index (κ1) is 19.3. The zero-order valence-corrected chi connectivity index (χ0v) is 16.7. The molecule has 1 N–H and O–H groups in total. The van der Waals surface area contributed by atoms with Crippen LogP contribution in [0, 0.1) is 13.8 Å². The topological polar surface area (TPSA) is 87.4 Å². The van der Waals surface area contributed by atoms with Gasteiger partial charge in [-0.25, -0.2) is 9.97 Å². The number of carbonyl (C=O) groups is 1. The Balaban J connectivity index is 1.70. The summed E-state index contributed by atoms with van der Waals surface area (Å²) in [6.07, 6.45) is 3.61. The molecule has 8 heteroatoms. The third kappa shape index (κ3) is 4.10.